The molecule has 0 aliphatic heterocycles. The molecule has 0 fully saturated rings. The zero-order valence-corrected chi connectivity index (χ0v) is 19.3. The van der Waals surface area contributed by atoms with Crippen LogP contribution in [-0.4, -0.2) is 16.8 Å². The van der Waals surface area contributed by atoms with E-state index in [0.29, 0.717) is 0 Å². The van der Waals surface area contributed by atoms with E-state index in [0.717, 1.165) is 17.4 Å². The average molecular weight is 523 g/mol. The zero-order valence-electron chi connectivity index (χ0n) is 14.6. The molecule has 1 aromatic heterocycles. The molecule has 0 aliphatic rings. The van der Waals surface area contributed by atoms with Crippen LogP contribution in [0.25, 0.3) is 0 Å². The van der Waals surface area contributed by atoms with Gasteiger partial charge in [0.2, 0.25) is 0 Å². The van der Waals surface area contributed by atoms with Gasteiger partial charge in [0.25, 0.3) is 20.0 Å². The molecule has 0 unspecified atom stereocenters. The van der Waals surface area contributed by atoms with Gasteiger partial charge >= 0.3 is 0 Å². The van der Waals surface area contributed by atoms with E-state index in [1.54, 1.807) is 11.4 Å². The minimum absolute atomic E-state index is 0.000589. The van der Waals surface area contributed by atoms with Crippen LogP contribution in [0.4, 0.5) is 11.4 Å². The van der Waals surface area contributed by atoms with E-state index in [9.17, 15) is 16.8 Å². The SMILES string of the molecule is N#Cc1ccc(S(=O)(=O)Nc2cc(Cl)c(Cl)cc2NS(=O)(=O)c2cccs2)c(Cl)c1. The average Bonchev–Trinajstić information content (AvgIpc) is 3.21. The van der Waals surface area contributed by atoms with Crippen molar-refractivity contribution >= 4 is 77.6 Å². The van der Waals surface area contributed by atoms with Gasteiger partial charge in [-0.2, -0.15) is 5.26 Å². The Hall–Kier alpha value is -2.00. The summed E-state index contributed by atoms with van der Waals surface area (Å²) in [6.45, 7) is 0. The highest BCUT2D eigenvalue weighted by Gasteiger charge is 2.23. The van der Waals surface area contributed by atoms with Gasteiger partial charge in [0, 0.05) is 0 Å². The van der Waals surface area contributed by atoms with Crippen molar-refractivity contribution in [3.8, 4) is 6.07 Å². The van der Waals surface area contributed by atoms with Gasteiger partial charge < -0.3 is 0 Å². The zero-order chi connectivity index (χ0) is 22.1. The Morgan fingerprint density at radius 3 is 1.93 bits per heavy atom. The first-order valence-corrected chi connectivity index (χ1v) is 12.8. The third-order valence-electron chi connectivity index (χ3n) is 3.66. The summed E-state index contributed by atoms with van der Waals surface area (Å²) >= 11 is 19.0. The summed E-state index contributed by atoms with van der Waals surface area (Å²) in [5, 5.41) is 10.3. The van der Waals surface area contributed by atoms with Crippen LogP contribution < -0.4 is 9.44 Å². The number of hydrogen-bond acceptors (Lipinski definition) is 6. The Balaban J connectivity index is 2.04. The summed E-state index contributed by atoms with van der Waals surface area (Å²) in [7, 11) is -8.25. The number of anilines is 2. The Bertz CT molecular complexity index is 1370. The van der Waals surface area contributed by atoms with Crippen LogP contribution in [-0.2, 0) is 20.0 Å². The highest BCUT2D eigenvalue weighted by Crippen LogP contribution is 2.36. The maximum Gasteiger partial charge on any atom is 0.271 e. The molecule has 156 valence electrons. The van der Waals surface area contributed by atoms with Crippen LogP contribution in [0.2, 0.25) is 15.1 Å². The largest absolute Gasteiger partial charge is 0.277 e. The quantitative estimate of drug-likeness (QED) is 0.462. The molecule has 3 aromatic rings. The van der Waals surface area contributed by atoms with Crippen molar-refractivity contribution in [2.45, 2.75) is 9.10 Å². The second kappa shape index (κ2) is 8.63. The Labute approximate surface area is 191 Å². The molecule has 0 saturated heterocycles. The number of thiophene rings is 1. The lowest BCUT2D eigenvalue weighted by Crippen LogP contribution is -2.17. The molecule has 2 aromatic carbocycles. The minimum Gasteiger partial charge on any atom is -0.277 e. The van der Waals surface area contributed by atoms with Crippen molar-refractivity contribution in [1.82, 2.24) is 0 Å². The number of sulfonamides is 2. The third kappa shape index (κ3) is 4.83. The van der Waals surface area contributed by atoms with Crippen LogP contribution in [0.3, 0.4) is 0 Å². The van der Waals surface area contributed by atoms with E-state index < -0.39 is 20.0 Å². The first kappa shape index (κ1) is 22.7. The molecule has 13 heteroatoms. The first-order chi connectivity index (χ1) is 14.0. The van der Waals surface area contributed by atoms with Gasteiger partial charge in [-0.3, -0.25) is 9.44 Å². The Morgan fingerprint density at radius 2 is 1.43 bits per heavy atom. The van der Waals surface area contributed by atoms with E-state index in [4.69, 9.17) is 40.1 Å². The topological polar surface area (TPSA) is 116 Å². The number of benzene rings is 2. The van der Waals surface area contributed by atoms with Crippen LogP contribution >= 0.6 is 46.1 Å². The molecular weight excluding hydrogens is 513 g/mol. The molecular formula is C17H10Cl3N3O4S3. The van der Waals surface area contributed by atoms with Gasteiger partial charge in [0.1, 0.15) is 9.10 Å². The maximum atomic E-state index is 12.8. The van der Waals surface area contributed by atoms with Crippen molar-refractivity contribution in [3.05, 3.63) is 68.5 Å². The van der Waals surface area contributed by atoms with E-state index in [-0.39, 0.29) is 41.1 Å². The van der Waals surface area contributed by atoms with E-state index >= 15 is 0 Å². The van der Waals surface area contributed by atoms with Crippen molar-refractivity contribution in [3.63, 3.8) is 0 Å². The highest BCUT2D eigenvalue weighted by molar-refractivity contribution is 7.94. The predicted octanol–water partition coefficient (Wildman–Crippen LogP) is 5.18. The standard InChI is InChI=1S/C17H10Cl3N3O4S3/c18-11-7-14(22-29(24,25)16-4-3-10(9-21)6-13(16)20)15(8-12(11)19)23-30(26,27)17-2-1-5-28-17/h1-8,22-23H. The molecule has 0 bridgehead atoms. The molecule has 30 heavy (non-hydrogen) atoms. The molecule has 3 rings (SSSR count). The lowest BCUT2D eigenvalue weighted by molar-refractivity contribution is 0.599. The van der Waals surface area contributed by atoms with Crippen LogP contribution in [0, 0.1) is 11.3 Å². The molecule has 0 aliphatic carbocycles. The Kier molecular flexibility index (Phi) is 6.52. The molecule has 0 spiro atoms. The van der Waals surface area contributed by atoms with Crippen LogP contribution in [0.15, 0.2) is 56.9 Å². The molecule has 0 amide bonds. The highest BCUT2D eigenvalue weighted by atomic mass is 35.5. The van der Waals surface area contributed by atoms with Gasteiger partial charge in [-0.25, -0.2) is 16.8 Å². The smallest absolute Gasteiger partial charge is 0.271 e. The van der Waals surface area contributed by atoms with E-state index in [1.807, 2.05) is 6.07 Å². The Morgan fingerprint density at radius 1 is 0.833 bits per heavy atom. The summed E-state index contributed by atoms with van der Waals surface area (Å²) in [6, 6.07) is 10.8. The molecule has 7 nitrogen and oxygen atoms in total. The fraction of sp³-hybridized carbons (Fsp3) is 0. The third-order valence-corrected chi connectivity index (χ3v) is 8.99. The van der Waals surface area contributed by atoms with Crippen molar-refractivity contribution in [2.75, 3.05) is 9.44 Å². The number of halogens is 3. The summed E-state index contributed by atoms with van der Waals surface area (Å²) in [5.74, 6) is 0. The second-order valence-electron chi connectivity index (χ2n) is 5.71. The fourth-order valence-electron chi connectivity index (χ4n) is 2.32. The molecule has 1 heterocycles. The molecule has 0 atom stereocenters. The fourth-order valence-corrected chi connectivity index (χ4v) is 6.32. The minimum atomic E-state index is -4.26. The van der Waals surface area contributed by atoms with E-state index in [2.05, 4.69) is 9.44 Å². The van der Waals surface area contributed by atoms with Crippen LogP contribution in [0.5, 0.6) is 0 Å². The number of rotatable bonds is 6. The monoisotopic (exact) mass is 521 g/mol. The van der Waals surface area contributed by atoms with Gasteiger partial charge in [0.15, 0.2) is 0 Å². The number of nitrogens with one attached hydrogen (secondary N) is 2. The first-order valence-electron chi connectivity index (χ1n) is 7.81. The van der Waals surface area contributed by atoms with Gasteiger partial charge in [-0.15, -0.1) is 11.3 Å². The maximum absolute atomic E-state index is 12.8. The number of nitriles is 1. The molecule has 0 radical (unpaired) electrons. The summed E-state index contributed by atoms with van der Waals surface area (Å²) in [5.41, 5.74) is -0.117. The van der Waals surface area contributed by atoms with Crippen molar-refractivity contribution in [1.29, 1.82) is 5.26 Å². The lowest BCUT2D eigenvalue weighted by atomic mass is 10.2. The van der Waals surface area contributed by atoms with E-state index in [1.165, 1.54) is 30.3 Å². The summed E-state index contributed by atoms with van der Waals surface area (Å²) in [6.07, 6.45) is 0. The second-order valence-corrected chi connectivity index (χ2v) is 11.4. The summed E-state index contributed by atoms with van der Waals surface area (Å²) in [4.78, 5) is -0.304. The predicted molar refractivity (Wildman–Crippen MR) is 119 cm³/mol. The van der Waals surface area contributed by atoms with Gasteiger partial charge in [0.05, 0.1) is 38.1 Å². The summed E-state index contributed by atoms with van der Waals surface area (Å²) < 4.78 is 55.4. The molecule has 0 saturated carbocycles. The molecule has 2 N–H and O–H groups in total. The van der Waals surface area contributed by atoms with Crippen LogP contribution in [0.1, 0.15) is 5.56 Å². The van der Waals surface area contributed by atoms with Crippen molar-refractivity contribution < 1.29 is 16.8 Å². The van der Waals surface area contributed by atoms with Gasteiger partial charge in [-0.05, 0) is 41.8 Å². The van der Waals surface area contributed by atoms with Crippen molar-refractivity contribution in [2.24, 2.45) is 0 Å². The number of nitrogens with zero attached hydrogens (tertiary/aromatic N) is 1. The number of hydrogen-bond donors (Lipinski definition) is 2. The normalized spacial score (nSPS) is 11.7. The lowest BCUT2D eigenvalue weighted by Gasteiger charge is -2.16. The van der Waals surface area contributed by atoms with Gasteiger partial charge in [-0.1, -0.05) is 40.9 Å².